The molecular formula is C8H9As. The third-order valence-corrected chi connectivity index (χ3v) is 2.07. The second-order valence-corrected chi connectivity index (χ2v) is 3.35. The van der Waals surface area contributed by atoms with E-state index in [2.05, 4.69) is 48.9 Å². The van der Waals surface area contributed by atoms with Crippen molar-refractivity contribution in [1.82, 2.24) is 0 Å². The zero-order chi connectivity index (χ0) is 6.85. The van der Waals surface area contributed by atoms with Crippen molar-refractivity contribution in [1.29, 1.82) is 0 Å². The minimum absolute atomic E-state index is 1.28. The van der Waals surface area contributed by atoms with Crippen LogP contribution in [0.4, 0.5) is 0 Å². The Morgan fingerprint density at radius 1 is 1.11 bits per heavy atom. The van der Waals surface area contributed by atoms with Gasteiger partial charge in [-0.1, -0.05) is 0 Å². The van der Waals surface area contributed by atoms with E-state index in [9.17, 15) is 0 Å². The molecule has 9 heavy (non-hydrogen) atoms. The van der Waals surface area contributed by atoms with E-state index in [1.54, 1.807) is 0 Å². The average Bonchev–Trinajstić information content (AvgIpc) is 1.80. The Morgan fingerprint density at radius 2 is 1.78 bits per heavy atom. The normalized spacial score (nSPS) is 9.67. The summed E-state index contributed by atoms with van der Waals surface area (Å²) < 4.78 is 1.28. The molecule has 46 valence electrons. The van der Waals surface area contributed by atoms with Crippen LogP contribution >= 0.6 is 0 Å². The molecule has 0 aromatic heterocycles. The molecule has 0 N–H and O–H groups in total. The standard InChI is InChI=1S/C8H9As/c1-6-3-4-8(9)5-7(6)2/h3-5H,1-2H3. The van der Waals surface area contributed by atoms with E-state index in [0.29, 0.717) is 0 Å². The van der Waals surface area contributed by atoms with Crippen molar-refractivity contribution in [3.05, 3.63) is 29.3 Å². The summed E-state index contributed by atoms with van der Waals surface area (Å²) >= 11 is 2.54. The van der Waals surface area contributed by atoms with E-state index in [1.165, 1.54) is 15.5 Å². The van der Waals surface area contributed by atoms with Crippen molar-refractivity contribution in [3.8, 4) is 0 Å². The third kappa shape index (κ3) is 1.59. The van der Waals surface area contributed by atoms with Gasteiger partial charge in [0, 0.05) is 0 Å². The van der Waals surface area contributed by atoms with Crippen molar-refractivity contribution in [2.45, 2.75) is 13.8 Å². The van der Waals surface area contributed by atoms with Crippen LogP contribution in [0.15, 0.2) is 18.2 Å². The van der Waals surface area contributed by atoms with Crippen LogP contribution in [0.25, 0.3) is 0 Å². The molecule has 0 spiro atoms. The molecule has 0 heterocycles. The summed E-state index contributed by atoms with van der Waals surface area (Å²) in [6, 6.07) is 6.43. The minimum atomic E-state index is 1.28. The van der Waals surface area contributed by atoms with Gasteiger partial charge >= 0.3 is 64.4 Å². The first-order valence-electron chi connectivity index (χ1n) is 2.96. The predicted molar refractivity (Wildman–Crippen MR) is 41.3 cm³/mol. The Kier molecular flexibility index (Phi) is 1.97. The molecule has 0 saturated heterocycles. The molecule has 2 radical (unpaired) electrons. The second kappa shape index (κ2) is 2.58. The van der Waals surface area contributed by atoms with Crippen LogP contribution in [-0.4, -0.2) is 16.9 Å². The van der Waals surface area contributed by atoms with Gasteiger partial charge in [0.2, 0.25) is 0 Å². The number of rotatable bonds is 0. The Balaban J connectivity index is 3.17. The predicted octanol–water partition coefficient (Wildman–Crippen LogP) is 1.10. The van der Waals surface area contributed by atoms with Gasteiger partial charge in [0.25, 0.3) is 0 Å². The van der Waals surface area contributed by atoms with Gasteiger partial charge in [-0.3, -0.25) is 0 Å². The van der Waals surface area contributed by atoms with E-state index in [4.69, 9.17) is 0 Å². The molecule has 1 rings (SSSR count). The van der Waals surface area contributed by atoms with Crippen LogP contribution < -0.4 is 4.35 Å². The molecule has 1 aromatic rings. The Bertz CT molecular complexity index is 216. The van der Waals surface area contributed by atoms with E-state index in [0.717, 1.165) is 0 Å². The molecule has 0 atom stereocenters. The molecule has 0 aliphatic rings. The molecule has 0 saturated carbocycles. The number of hydrogen-bond acceptors (Lipinski definition) is 0. The van der Waals surface area contributed by atoms with Gasteiger partial charge in [-0.25, -0.2) is 0 Å². The van der Waals surface area contributed by atoms with Crippen LogP contribution in [0.1, 0.15) is 11.1 Å². The number of benzene rings is 1. The van der Waals surface area contributed by atoms with Gasteiger partial charge in [0.1, 0.15) is 0 Å². The van der Waals surface area contributed by atoms with E-state index in [-0.39, 0.29) is 0 Å². The van der Waals surface area contributed by atoms with E-state index >= 15 is 0 Å². The van der Waals surface area contributed by atoms with Crippen molar-refractivity contribution in [3.63, 3.8) is 0 Å². The van der Waals surface area contributed by atoms with Crippen LogP contribution in [-0.2, 0) is 0 Å². The second-order valence-electron chi connectivity index (χ2n) is 2.27. The molecule has 0 fully saturated rings. The molecule has 1 heteroatoms. The summed E-state index contributed by atoms with van der Waals surface area (Å²) in [6.45, 7) is 4.26. The first-order valence-corrected chi connectivity index (χ1v) is 3.90. The summed E-state index contributed by atoms with van der Waals surface area (Å²) in [7, 11) is 0. The van der Waals surface area contributed by atoms with Gasteiger partial charge < -0.3 is 0 Å². The zero-order valence-electron chi connectivity index (χ0n) is 5.68. The van der Waals surface area contributed by atoms with Crippen molar-refractivity contribution in [2.24, 2.45) is 0 Å². The first-order chi connectivity index (χ1) is 4.20. The molecule has 0 unspecified atom stereocenters. The van der Waals surface area contributed by atoms with Crippen LogP contribution in [0, 0.1) is 13.8 Å². The Hall–Kier alpha value is -0.222. The average molecular weight is 180 g/mol. The summed E-state index contributed by atoms with van der Waals surface area (Å²) in [5.41, 5.74) is 2.73. The van der Waals surface area contributed by atoms with Gasteiger partial charge in [0.15, 0.2) is 0 Å². The van der Waals surface area contributed by atoms with Gasteiger partial charge in [-0.05, 0) is 0 Å². The van der Waals surface area contributed by atoms with Crippen molar-refractivity contribution >= 4 is 21.2 Å². The van der Waals surface area contributed by atoms with Gasteiger partial charge in [0.05, 0.1) is 0 Å². The van der Waals surface area contributed by atoms with Crippen LogP contribution in [0.2, 0.25) is 0 Å². The molecular weight excluding hydrogens is 171 g/mol. The monoisotopic (exact) mass is 180 g/mol. The third-order valence-electron chi connectivity index (χ3n) is 1.49. The maximum atomic E-state index is 2.54. The van der Waals surface area contributed by atoms with Crippen LogP contribution in [0.5, 0.6) is 0 Å². The fourth-order valence-corrected chi connectivity index (χ4v) is 1.29. The van der Waals surface area contributed by atoms with Gasteiger partial charge in [-0.2, -0.15) is 0 Å². The molecule has 0 amide bonds. The summed E-state index contributed by atoms with van der Waals surface area (Å²) in [5, 5.41) is 0. The topological polar surface area (TPSA) is 0 Å². The molecule has 0 aliphatic heterocycles. The fraction of sp³-hybridized carbons (Fsp3) is 0.250. The molecule has 0 bridgehead atoms. The van der Waals surface area contributed by atoms with E-state index < -0.39 is 0 Å². The molecule has 0 nitrogen and oxygen atoms in total. The zero-order valence-corrected chi connectivity index (χ0v) is 7.56. The summed E-state index contributed by atoms with van der Waals surface area (Å²) in [6.07, 6.45) is 0. The van der Waals surface area contributed by atoms with Crippen LogP contribution in [0.3, 0.4) is 0 Å². The summed E-state index contributed by atoms with van der Waals surface area (Å²) in [4.78, 5) is 0. The quantitative estimate of drug-likeness (QED) is 0.524. The molecule has 1 aromatic carbocycles. The Morgan fingerprint density at radius 3 is 2.22 bits per heavy atom. The van der Waals surface area contributed by atoms with Crippen molar-refractivity contribution < 1.29 is 0 Å². The van der Waals surface area contributed by atoms with Crippen molar-refractivity contribution in [2.75, 3.05) is 0 Å². The Labute approximate surface area is 64.8 Å². The SMILES string of the molecule is Cc1ccc([As])cc1C. The molecule has 0 aliphatic carbocycles. The van der Waals surface area contributed by atoms with E-state index in [1.807, 2.05) is 0 Å². The number of aryl methyl sites for hydroxylation is 2. The number of hydrogen-bond donors (Lipinski definition) is 0. The first kappa shape index (κ1) is 6.89. The summed E-state index contributed by atoms with van der Waals surface area (Å²) in [5.74, 6) is 0. The maximum absolute atomic E-state index is 2.54. The fourth-order valence-electron chi connectivity index (χ4n) is 0.726. The van der Waals surface area contributed by atoms with Gasteiger partial charge in [-0.15, -0.1) is 0 Å².